The van der Waals surface area contributed by atoms with E-state index in [1.165, 1.54) is 6.92 Å². The van der Waals surface area contributed by atoms with E-state index in [4.69, 9.17) is 0 Å². The van der Waals surface area contributed by atoms with E-state index in [1.807, 2.05) is 6.07 Å². The van der Waals surface area contributed by atoms with Crippen LogP contribution in [0.5, 0.6) is 0 Å². The number of Topliss-reactive ketones (excluding diaryl/α,β-unsaturated/α-hetero) is 1. The minimum absolute atomic E-state index is 0.0287. The van der Waals surface area contributed by atoms with Gasteiger partial charge in [-0.3, -0.25) is 14.4 Å². The summed E-state index contributed by atoms with van der Waals surface area (Å²) in [5, 5.41) is 5.37. The number of nitrogens with one attached hydrogen (secondary N) is 2. The summed E-state index contributed by atoms with van der Waals surface area (Å²) in [6.07, 6.45) is 1.08. The number of amides is 2. The predicted molar refractivity (Wildman–Crippen MR) is 76.3 cm³/mol. The van der Waals surface area contributed by atoms with Crippen molar-refractivity contribution in [3.8, 4) is 0 Å². The van der Waals surface area contributed by atoms with E-state index in [0.717, 1.165) is 0 Å². The van der Waals surface area contributed by atoms with Crippen molar-refractivity contribution >= 4 is 17.6 Å². The third kappa shape index (κ3) is 6.68. The lowest BCUT2D eigenvalue weighted by Gasteiger charge is -2.05. The van der Waals surface area contributed by atoms with E-state index >= 15 is 0 Å². The number of carbonyl (C=O) groups excluding carboxylic acids is 3. The molecule has 2 N–H and O–H groups in total. The Hall–Kier alpha value is -2.17. The van der Waals surface area contributed by atoms with Gasteiger partial charge in [-0.05, 0) is 6.42 Å². The van der Waals surface area contributed by atoms with Crippen LogP contribution in [0.1, 0.15) is 36.5 Å². The fourth-order valence-corrected chi connectivity index (χ4v) is 1.66. The van der Waals surface area contributed by atoms with Crippen molar-refractivity contribution in [1.29, 1.82) is 0 Å². The molecule has 1 aromatic carbocycles. The lowest BCUT2D eigenvalue weighted by molar-refractivity contribution is -0.121. The molecule has 0 heterocycles. The summed E-state index contributed by atoms with van der Waals surface area (Å²) < 4.78 is 0. The molecule has 0 aromatic heterocycles. The molecule has 0 bridgehead atoms. The summed E-state index contributed by atoms with van der Waals surface area (Å²) in [6, 6.07) is 8.94. The van der Waals surface area contributed by atoms with Crippen LogP contribution < -0.4 is 10.6 Å². The molecule has 20 heavy (non-hydrogen) atoms. The first kappa shape index (κ1) is 15.9. The van der Waals surface area contributed by atoms with Crippen LogP contribution in [0.2, 0.25) is 0 Å². The topological polar surface area (TPSA) is 75.3 Å². The monoisotopic (exact) mass is 276 g/mol. The van der Waals surface area contributed by atoms with Gasteiger partial charge in [0.25, 0.3) is 0 Å². The number of carbonyl (C=O) groups is 3. The zero-order chi connectivity index (χ0) is 14.8. The Bertz CT molecular complexity index is 457. The highest BCUT2D eigenvalue weighted by Gasteiger charge is 2.08. The van der Waals surface area contributed by atoms with Crippen molar-refractivity contribution in [3.05, 3.63) is 35.9 Å². The summed E-state index contributed by atoms with van der Waals surface area (Å²) >= 11 is 0. The third-order valence-corrected chi connectivity index (χ3v) is 2.72. The number of hydrogen-bond acceptors (Lipinski definition) is 3. The molecule has 5 heteroatoms. The second kappa shape index (κ2) is 8.85. The fraction of sp³-hybridized carbons (Fsp3) is 0.400. The zero-order valence-electron chi connectivity index (χ0n) is 11.6. The van der Waals surface area contributed by atoms with Crippen LogP contribution in [0.3, 0.4) is 0 Å². The molecular weight excluding hydrogens is 256 g/mol. The maximum atomic E-state index is 11.8. The maximum Gasteiger partial charge on any atom is 0.220 e. The molecule has 2 amide bonds. The van der Waals surface area contributed by atoms with Gasteiger partial charge in [0, 0.05) is 38.4 Å². The van der Waals surface area contributed by atoms with Crippen molar-refractivity contribution in [1.82, 2.24) is 10.6 Å². The third-order valence-electron chi connectivity index (χ3n) is 2.72. The summed E-state index contributed by atoms with van der Waals surface area (Å²) in [6.45, 7) is 2.49. The Morgan fingerprint density at radius 3 is 2.25 bits per heavy atom. The molecule has 0 aliphatic rings. The van der Waals surface area contributed by atoms with Crippen LogP contribution in [0.25, 0.3) is 0 Å². The fourth-order valence-electron chi connectivity index (χ4n) is 1.66. The normalized spacial score (nSPS) is 9.85. The molecule has 0 atom stereocenters. The zero-order valence-corrected chi connectivity index (χ0v) is 11.6. The Morgan fingerprint density at radius 2 is 1.60 bits per heavy atom. The van der Waals surface area contributed by atoms with Crippen LogP contribution in [-0.4, -0.2) is 30.7 Å². The van der Waals surface area contributed by atoms with Gasteiger partial charge < -0.3 is 10.6 Å². The summed E-state index contributed by atoms with van der Waals surface area (Å²) in [5.74, 6) is -0.249. The highest BCUT2D eigenvalue weighted by molar-refractivity contribution is 5.97. The molecule has 1 rings (SSSR count). The van der Waals surface area contributed by atoms with Crippen molar-refractivity contribution in [2.24, 2.45) is 0 Å². The molecule has 5 nitrogen and oxygen atoms in total. The molecular formula is C15H20N2O3. The Balaban J connectivity index is 2.14. The van der Waals surface area contributed by atoms with Gasteiger partial charge in [0.1, 0.15) is 0 Å². The number of benzene rings is 1. The van der Waals surface area contributed by atoms with E-state index in [2.05, 4.69) is 10.6 Å². The van der Waals surface area contributed by atoms with E-state index < -0.39 is 0 Å². The van der Waals surface area contributed by atoms with Gasteiger partial charge in [-0.2, -0.15) is 0 Å². The van der Waals surface area contributed by atoms with E-state index in [-0.39, 0.29) is 30.4 Å². The van der Waals surface area contributed by atoms with Gasteiger partial charge in [-0.25, -0.2) is 0 Å². The molecule has 0 saturated carbocycles. The number of rotatable bonds is 8. The summed E-state index contributed by atoms with van der Waals surface area (Å²) in [7, 11) is 0. The molecule has 0 saturated heterocycles. The summed E-state index contributed by atoms with van der Waals surface area (Å²) in [4.78, 5) is 33.9. The standard InChI is InChI=1S/C15H20N2O3/c1-12(18)16-10-5-11-17-15(20)9-8-14(19)13-6-3-2-4-7-13/h2-4,6-7H,5,8-11H2,1H3,(H,16,18)(H,17,20). The van der Waals surface area contributed by atoms with Gasteiger partial charge in [0.15, 0.2) is 5.78 Å². The van der Waals surface area contributed by atoms with Crippen LogP contribution in [0.4, 0.5) is 0 Å². The van der Waals surface area contributed by atoms with Gasteiger partial charge in [0.05, 0.1) is 0 Å². The van der Waals surface area contributed by atoms with Crippen LogP contribution >= 0.6 is 0 Å². The van der Waals surface area contributed by atoms with Gasteiger partial charge in [0.2, 0.25) is 11.8 Å². The van der Waals surface area contributed by atoms with Gasteiger partial charge in [-0.15, -0.1) is 0 Å². The molecule has 0 aliphatic heterocycles. The first-order chi connectivity index (χ1) is 9.59. The largest absolute Gasteiger partial charge is 0.356 e. The minimum atomic E-state index is -0.142. The molecule has 1 aromatic rings. The van der Waals surface area contributed by atoms with Crippen molar-refractivity contribution in [2.45, 2.75) is 26.2 Å². The lowest BCUT2D eigenvalue weighted by Crippen LogP contribution is -2.28. The lowest BCUT2D eigenvalue weighted by atomic mass is 10.1. The van der Waals surface area contributed by atoms with Gasteiger partial charge in [-0.1, -0.05) is 30.3 Å². The van der Waals surface area contributed by atoms with Crippen molar-refractivity contribution < 1.29 is 14.4 Å². The maximum absolute atomic E-state index is 11.8. The van der Waals surface area contributed by atoms with Crippen molar-refractivity contribution in [2.75, 3.05) is 13.1 Å². The average molecular weight is 276 g/mol. The molecule has 0 aliphatic carbocycles. The first-order valence-corrected chi connectivity index (χ1v) is 6.69. The van der Waals surface area contributed by atoms with E-state index in [0.29, 0.717) is 25.1 Å². The second-order valence-electron chi connectivity index (χ2n) is 4.48. The molecule has 0 spiro atoms. The smallest absolute Gasteiger partial charge is 0.220 e. The highest BCUT2D eigenvalue weighted by Crippen LogP contribution is 2.04. The highest BCUT2D eigenvalue weighted by atomic mass is 16.2. The van der Waals surface area contributed by atoms with Crippen LogP contribution in [0.15, 0.2) is 30.3 Å². The van der Waals surface area contributed by atoms with E-state index in [9.17, 15) is 14.4 Å². The van der Waals surface area contributed by atoms with Crippen molar-refractivity contribution in [3.63, 3.8) is 0 Å². The van der Waals surface area contributed by atoms with E-state index in [1.54, 1.807) is 24.3 Å². The molecule has 108 valence electrons. The Labute approximate surface area is 118 Å². The second-order valence-corrected chi connectivity index (χ2v) is 4.48. The molecule has 0 fully saturated rings. The SMILES string of the molecule is CC(=O)NCCCNC(=O)CCC(=O)c1ccccc1. The van der Waals surface area contributed by atoms with Gasteiger partial charge >= 0.3 is 0 Å². The predicted octanol–water partition coefficient (Wildman–Crippen LogP) is 1.29. The van der Waals surface area contributed by atoms with Crippen LogP contribution in [-0.2, 0) is 9.59 Å². The minimum Gasteiger partial charge on any atom is -0.356 e. The number of hydrogen-bond donors (Lipinski definition) is 2. The Kier molecular flexibility index (Phi) is 7.03. The Morgan fingerprint density at radius 1 is 0.950 bits per heavy atom. The average Bonchev–Trinajstić information content (AvgIpc) is 2.45. The quantitative estimate of drug-likeness (QED) is 0.555. The molecule has 0 radical (unpaired) electrons. The summed E-state index contributed by atoms with van der Waals surface area (Å²) in [5.41, 5.74) is 0.631. The first-order valence-electron chi connectivity index (χ1n) is 6.69. The molecule has 0 unspecified atom stereocenters. The number of ketones is 1. The van der Waals surface area contributed by atoms with Crippen LogP contribution in [0, 0.1) is 0 Å².